The van der Waals surface area contributed by atoms with Crippen molar-refractivity contribution in [1.82, 2.24) is 4.48 Å². The Balaban J connectivity index is 2.48. The summed E-state index contributed by atoms with van der Waals surface area (Å²) in [6.07, 6.45) is 0. The third kappa shape index (κ3) is 1.31. The van der Waals surface area contributed by atoms with Gasteiger partial charge in [-0.15, -0.1) is 0 Å². The number of hydrogen-bond donors (Lipinski definition) is 0. The quantitative estimate of drug-likeness (QED) is 0.598. The van der Waals surface area contributed by atoms with Crippen LogP contribution in [0.4, 0.5) is 5.69 Å². The predicted molar refractivity (Wildman–Crippen MR) is 55.1 cm³/mol. The molecule has 0 spiro atoms. The molecule has 1 aromatic carbocycles. The molecule has 0 fully saturated rings. The van der Waals surface area contributed by atoms with Gasteiger partial charge in [0.15, 0.2) is 11.4 Å². The van der Waals surface area contributed by atoms with Gasteiger partial charge in [-0.25, -0.2) is 0 Å². The summed E-state index contributed by atoms with van der Waals surface area (Å²) >= 11 is 0. The molecule has 0 N–H and O–H groups in total. The largest absolute Gasteiger partial charge is 0.481 e. The lowest BCUT2D eigenvalue weighted by molar-refractivity contribution is 0.205. The number of fused-ring (bicyclic) bond motifs is 1. The number of likely N-dealkylation sites (N-methyl/N-ethyl adjacent to an activating group) is 1. The number of rotatable bonds is 1. The number of quaternary nitrogens is 1. The van der Waals surface area contributed by atoms with Crippen molar-refractivity contribution in [2.75, 3.05) is 26.7 Å². The summed E-state index contributed by atoms with van der Waals surface area (Å²) in [7, 11) is 2.27. The maximum atomic E-state index is 5.61. The van der Waals surface area contributed by atoms with E-state index >= 15 is 0 Å². The second kappa shape index (κ2) is 3.04. The van der Waals surface area contributed by atoms with Gasteiger partial charge < -0.3 is 4.74 Å². The highest BCUT2D eigenvalue weighted by molar-refractivity contribution is 5.56. The standard InChI is InChI=1S/C11H16NO/c1-3-12(2)8-9-13-11-7-5-4-6-10(11)12/h4-7H,3,8-9H2,1-2H3/q+1. The van der Waals surface area contributed by atoms with Crippen LogP contribution in [0.15, 0.2) is 24.3 Å². The summed E-state index contributed by atoms with van der Waals surface area (Å²) < 4.78 is 6.60. The first-order valence-corrected chi connectivity index (χ1v) is 4.83. The lowest BCUT2D eigenvalue weighted by atomic mass is 10.2. The average Bonchev–Trinajstić information content (AvgIpc) is 2.19. The molecule has 0 aliphatic carbocycles. The molecule has 1 aliphatic rings. The van der Waals surface area contributed by atoms with Crippen molar-refractivity contribution >= 4 is 5.69 Å². The Bertz CT molecular complexity index is 311. The molecule has 2 rings (SSSR count). The zero-order valence-corrected chi connectivity index (χ0v) is 8.29. The van der Waals surface area contributed by atoms with Crippen LogP contribution in [0.3, 0.4) is 0 Å². The maximum Gasteiger partial charge on any atom is 0.180 e. The molecule has 70 valence electrons. The molecule has 0 saturated carbocycles. The fourth-order valence-corrected chi connectivity index (χ4v) is 1.83. The fourth-order valence-electron chi connectivity index (χ4n) is 1.83. The van der Waals surface area contributed by atoms with Crippen LogP contribution in [-0.4, -0.2) is 26.7 Å². The van der Waals surface area contributed by atoms with Crippen LogP contribution in [0.2, 0.25) is 0 Å². The molecular formula is C11H16NO+. The Morgan fingerprint density at radius 2 is 2.15 bits per heavy atom. The van der Waals surface area contributed by atoms with Crippen molar-refractivity contribution in [1.29, 1.82) is 0 Å². The molecule has 0 saturated heterocycles. The molecule has 0 radical (unpaired) electrons. The maximum absolute atomic E-state index is 5.61. The Morgan fingerprint density at radius 1 is 1.38 bits per heavy atom. The lowest BCUT2D eigenvalue weighted by Crippen LogP contribution is -2.50. The molecule has 13 heavy (non-hydrogen) atoms. The number of benzene rings is 1. The molecule has 1 aromatic rings. The highest BCUT2D eigenvalue weighted by Crippen LogP contribution is 2.34. The summed E-state index contributed by atoms with van der Waals surface area (Å²) in [4.78, 5) is 0. The van der Waals surface area contributed by atoms with Crippen LogP contribution in [-0.2, 0) is 0 Å². The minimum absolute atomic E-state index is 0.835. The van der Waals surface area contributed by atoms with Crippen LogP contribution < -0.4 is 9.22 Å². The van der Waals surface area contributed by atoms with Gasteiger partial charge in [0.2, 0.25) is 0 Å². The van der Waals surface area contributed by atoms with Crippen LogP contribution >= 0.6 is 0 Å². The minimum atomic E-state index is 0.835. The third-order valence-corrected chi connectivity index (χ3v) is 2.99. The van der Waals surface area contributed by atoms with Gasteiger partial charge in [-0.1, -0.05) is 12.1 Å². The average molecular weight is 178 g/mol. The van der Waals surface area contributed by atoms with Crippen molar-refractivity contribution in [3.63, 3.8) is 0 Å². The second-order valence-electron chi connectivity index (χ2n) is 3.75. The van der Waals surface area contributed by atoms with E-state index in [4.69, 9.17) is 4.74 Å². The predicted octanol–water partition coefficient (Wildman–Crippen LogP) is 2.04. The number of ether oxygens (including phenoxy) is 1. The van der Waals surface area contributed by atoms with Crippen molar-refractivity contribution in [2.45, 2.75) is 6.92 Å². The summed E-state index contributed by atoms with van der Waals surface area (Å²) in [5.41, 5.74) is 1.32. The molecule has 1 heterocycles. The monoisotopic (exact) mass is 178 g/mol. The van der Waals surface area contributed by atoms with E-state index in [1.807, 2.05) is 6.07 Å². The summed E-state index contributed by atoms with van der Waals surface area (Å²) in [5.74, 6) is 1.05. The van der Waals surface area contributed by atoms with E-state index in [9.17, 15) is 0 Å². The van der Waals surface area contributed by atoms with E-state index in [2.05, 4.69) is 32.2 Å². The first-order valence-electron chi connectivity index (χ1n) is 4.83. The van der Waals surface area contributed by atoms with E-state index < -0.39 is 0 Å². The van der Waals surface area contributed by atoms with E-state index in [1.54, 1.807) is 0 Å². The van der Waals surface area contributed by atoms with Crippen LogP contribution in [0.5, 0.6) is 5.75 Å². The van der Waals surface area contributed by atoms with Crippen LogP contribution in [0, 0.1) is 0 Å². The van der Waals surface area contributed by atoms with Gasteiger partial charge >= 0.3 is 0 Å². The van der Waals surface area contributed by atoms with Crippen molar-refractivity contribution in [3.8, 4) is 5.75 Å². The third-order valence-electron chi connectivity index (χ3n) is 2.99. The van der Waals surface area contributed by atoms with Gasteiger partial charge in [0.25, 0.3) is 0 Å². The van der Waals surface area contributed by atoms with Gasteiger partial charge in [-0.2, -0.15) is 0 Å². The highest BCUT2D eigenvalue weighted by atomic mass is 16.5. The number of para-hydroxylation sites is 2. The first-order chi connectivity index (χ1) is 6.26. The Kier molecular flexibility index (Phi) is 2.00. The van der Waals surface area contributed by atoms with Gasteiger partial charge in [0, 0.05) is 6.07 Å². The van der Waals surface area contributed by atoms with Gasteiger partial charge in [0.05, 0.1) is 13.6 Å². The highest BCUT2D eigenvalue weighted by Gasteiger charge is 2.30. The molecule has 0 bridgehead atoms. The van der Waals surface area contributed by atoms with E-state index in [1.165, 1.54) is 5.69 Å². The Morgan fingerprint density at radius 3 is 2.92 bits per heavy atom. The molecule has 1 unspecified atom stereocenters. The Labute approximate surface area is 79.3 Å². The van der Waals surface area contributed by atoms with Crippen LogP contribution in [0.25, 0.3) is 0 Å². The first kappa shape index (κ1) is 8.57. The van der Waals surface area contributed by atoms with Gasteiger partial charge in [-0.3, -0.25) is 4.48 Å². The summed E-state index contributed by atoms with van der Waals surface area (Å²) in [6.45, 7) is 5.26. The summed E-state index contributed by atoms with van der Waals surface area (Å²) in [5, 5.41) is 0. The molecule has 0 amide bonds. The summed E-state index contributed by atoms with van der Waals surface area (Å²) in [6, 6.07) is 8.34. The van der Waals surface area contributed by atoms with Crippen molar-refractivity contribution < 1.29 is 4.74 Å². The smallest absolute Gasteiger partial charge is 0.180 e. The molecule has 1 aliphatic heterocycles. The normalized spacial score (nSPS) is 26.3. The van der Waals surface area contributed by atoms with Gasteiger partial charge in [-0.05, 0) is 13.0 Å². The fraction of sp³-hybridized carbons (Fsp3) is 0.455. The second-order valence-corrected chi connectivity index (χ2v) is 3.75. The van der Waals surface area contributed by atoms with E-state index in [-0.39, 0.29) is 0 Å². The molecule has 0 aromatic heterocycles. The SMILES string of the molecule is CC[N+]1(C)CCOc2ccccc21. The lowest BCUT2D eigenvalue weighted by Gasteiger charge is -2.37. The molecular weight excluding hydrogens is 162 g/mol. The van der Waals surface area contributed by atoms with Gasteiger partial charge in [0.1, 0.15) is 13.2 Å². The number of hydrogen-bond acceptors (Lipinski definition) is 1. The minimum Gasteiger partial charge on any atom is -0.481 e. The van der Waals surface area contributed by atoms with Crippen molar-refractivity contribution in [3.05, 3.63) is 24.3 Å². The zero-order chi connectivity index (χ0) is 9.31. The van der Waals surface area contributed by atoms with Crippen LogP contribution in [0.1, 0.15) is 6.92 Å². The Hall–Kier alpha value is -1.02. The number of nitrogens with zero attached hydrogens (tertiary/aromatic N) is 1. The topological polar surface area (TPSA) is 9.23 Å². The molecule has 2 heteroatoms. The molecule has 2 nitrogen and oxygen atoms in total. The van der Waals surface area contributed by atoms with E-state index in [0.29, 0.717) is 0 Å². The van der Waals surface area contributed by atoms with Crippen molar-refractivity contribution in [2.24, 2.45) is 0 Å². The van der Waals surface area contributed by atoms with E-state index in [0.717, 1.165) is 29.9 Å². The zero-order valence-electron chi connectivity index (χ0n) is 8.29. The molecule has 1 atom stereocenters.